The van der Waals surface area contributed by atoms with E-state index in [-0.39, 0.29) is 6.04 Å². The van der Waals surface area contributed by atoms with Crippen molar-refractivity contribution in [1.29, 1.82) is 0 Å². The van der Waals surface area contributed by atoms with E-state index < -0.39 is 0 Å². The summed E-state index contributed by atoms with van der Waals surface area (Å²) in [5.41, 5.74) is 5.51. The van der Waals surface area contributed by atoms with Gasteiger partial charge in [0.2, 0.25) is 0 Å². The predicted molar refractivity (Wildman–Crippen MR) is 110 cm³/mol. The largest absolute Gasteiger partial charge is 0.494 e. The minimum absolute atomic E-state index is 0.0553. The molecule has 2 aromatic heterocycles. The average molecular weight is 357 g/mol. The van der Waals surface area contributed by atoms with Crippen LogP contribution in [0.3, 0.4) is 0 Å². The summed E-state index contributed by atoms with van der Waals surface area (Å²) < 4.78 is 5.55. The summed E-state index contributed by atoms with van der Waals surface area (Å²) in [5.74, 6) is 0.876. The van der Waals surface area contributed by atoms with E-state index >= 15 is 0 Å². The van der Waals surface area contributed by atoms with Gasteiger partial charge in [0.1, 0.15) is 5.75 Å². The van der Waals surface area contributed by atoms with Crippen LogP contribution in [0.4, 0.5) is 5.69 Å². The first-order valence-electron chi connectivity index (χ1n) is 9.24. The van der Waals surface area contributed by atoms with Crippen LogP contribution in [-0.2, 0) is 0 Å². The molecular formula is C23H23N3O. The van der Waals surface area contributed by atoms with E-state index in [0.717, 1.165) is 28.3 Å². The van der Waals surface area contributed by atoms with Gasteiger partial charge in [-0.25, -0.2) is 0 Å². The van der Waals surface area contributed by atoms with Crippen LogP contribution >= 0.6 is 0 Å². The lowest BCUT2D eigenvalue weighted by molar-refractivity contribution is 0.340. The van der Waals surface area contributed by atoms with Crippen molar-refractivity contribution in [3.63, 3.8) is 0 Å². The third kappa shape index (κ3) is 3.51. The Morgan fingerprint density at radius 2 is 1.78 bits per heavy atom. The van der Waals surface area contributed by atoms with Gasteiger partial charge in [-0.05, 0) is 56.3 Å². The number of nitrogens with one attached hydrogen (secondary N) is 2. The molecule has 0 aliphatic carbocycles. The maximum atomic E-state index is 5.55. The molecule has 0 aliphatic rings. The van der Waals surface area contributed by atoms with Crippen molar-refractivity contribution in [3.05, 3.63) is 89.9 Å². The molecule has 4 rings (SSSR count). The summed E-state index contributed by atoms with van der Waals surface area (Å²) in [6.07, 6.45) is 1.84. The Bertz CT molecular complexity index is 1020. The average Bonchev–Trinajstić information content (AvgIpc) is 3.04. The summed E-state index contributed by atoms with van der Waals surface area (Å²) in [5, 5.41) is 4.87. The molecule has 0 saturated heterocycles. The van der Waals surface area contributed by atoms with Crippen LogP contribution in [0.15, 0.2) is 72.9 Å². The SMILES string of the molecule is CCOc1ccc(N[C@@H](c2ccccn2)c2c(C)[nH]c3ccccc23)cc1. The number of para-hydroxylation sites is 1. The normalized spacial score (nSPS) is 12.1. The molecule has 4 heteroatoms. The number of aryl methyl sites for hydroxylation is 1. The number of nitrogens with zero attached hydrogens (tertiary/aromatic N) is 1. The molecule has 2 N–H and O–H groups in total. The van der Waals surface area contributed by atoms with E-state index in [1.807, 2.05) is 49.5 Å². The minimum atomic E-state index is -0.0553. The van der Waals surface area contributed by atoms with Gasteiger partial charge in [0.15, 0.2) is 0 Å². The van der Waals surface area contributed by atoms with E-state index in [0.29, 0.717) is 6.61 Å². The van der Waals surface area contributed by atoms with Crippen LogP contribution in [0, 0.1) is 6.92 Å². The standard InChI is InChI=1S/C23H23N3O/c1-3-27-18-13-11-17(12-14-18)26-23(21-10-6-7-15-24-21)22-16(2)25-20-9-5-4-8-19(20)22/h4-15,23,25-26H,3H2,1-2H3/t23-/m0/s1. The molecule has 0 bridgehead atoms. The van der Waals surface area contributed by atoms with Crippen molar-refractivity contribution in [2.75, 3.05) is 11.9 Å². The van der Waals surface area contributed by atoms with Crippen molar-refractivity contribution in [3.8, 4) is 5.75 Å². The fourth-order valence-corrected chi connectivity index (χ4v) is 3.49. The van der Waals surface area contributed by atoms with Gasteiger partial charge in [-0.1, -0.05) is 24.3 Å². The highest BCUT2D eigenvalue weighted by Gasteiger charge is 2.21. The lowest BCUT2D eigenvalue weighted by Crippen LogP contribution is -2.14. The summed E-state index contributed by atoms with van der Waals surface area (Å²) in [4.78, 5) is 8.13. The number of ether oxygens (including phenoxy) is 1. The number of anilines is 1. The Kier molecular flexibility index (Phi) is 4.79. The third-order valence-electron chi connectivity index (χ3n) is 4.69. The van der Waals surface area contributed by atoms with E-state index in [4.69, 9.17) is 4.74 Å². The van der Waals surface area contributed by atoms with E-state index in [1.54, 1.807) is 0 Å². The second-order valence-corrected chi connectivity index (χ2v) is 6.50. The van der Waals surface area contributed by atoms with Crippen molar-refractivity contribution in [1.82, 2.24) is 9.97 Å². The third-order valence-corrected chi connectivity index (χ3v) is 4.69. The fraction of sp³-hybridized carbons (Fsp3) is 0.174. The molecule has 136 valence electrons. The van der Waals surface area contributed by atoms with Crippen molar-refractivity contribution in [2.45, 2.75) is 19.9 Å². The zero-order chi connectivity index (χ0) is 18.6. The predicted octanol–water partition coefficient (Wildman–Crippen LogP) is 5.47. The lowest BCUT2D eigenvalue weighted by Gasteiger charge is -2.21. The first-order chi connectivity index (χ1) is 13.3. The van der Waals surface area contributed by atoms with Crippen molar-refractivity contribution >= 4 is 16.6 Å². The number of hydrogen-bond donors (Lipinski definition) is 2. The molecule has 0 amide bonds. The highest BCUT2D eigenvalue weighted by Crippen LogP contribution is 2.34. The van der Waals surface area contributed by atoms with E-state index in [1.165, 1.54) is 10.9 Å². The molecule has 0 spiro atoms. The van der Waals surface area contributed by atoms with Crippen LogP contribution in [0.1, 0.15) is 29.9 Å². The molecule has 4 nitrogen and oxygen atoms in total. The summed E-state index contributed by atoms with van der Waals surface area (Å²) in [7, 11) is 0. The molecule has 0 aliphatic heterocycles. The molecule has 1 atom stereocenters. The van der Waals surface area contributed by atoms with Gasteiger partial charge >= 0.3 is 0 Å². The van der Waals surface area contributed by atoms with Gasteiger partial charge in [0, 0.05) is 34.0 Å². The second kappa shape index (κ2) is 7.54. The molecule has 0 saturated carbocycles. The number of aromatic nitrogens is 2. The zero-order valence-electron chi connectivity index (χ0n) is 15.6. The summed E-state index contributed by atoms with van der Waals surface area (Å²) >= 11 is 0. The molecule has 0 radical (unpaired) electrons. The lowest BCUT2D eigenvalue weighted by atomic mass is 9.99. The van der Waals surface area contributed by atoms with Gasteiger partial charge in [-0.3, -0.25) is 4.98 Å². The van der Waals surface area contributed by atoms with Crippen molar-refractivity contribution < 1.29 is 4.74 Å². The maximum absolute atomic E-state index is 5.55. The number of H-pyrrole nitrogens is 1. The van der Waals surface area contributed by atoms with Crippen LogP contribution in [0.2, 0.25) is 0 Å². The Hall–Kier alpha value is -3.27. The maximum Gasteiger partial charge on any atom is 0.119 e. The van der Waals surface area contributed by atoms with Crippen LogP contribution in [0.25, 0.3) is 10.9 Å². The van der Waals surface area contributed by atoms with E-state index in [9.17, 15) is 0 Å². The Morgan fingerprint density at radius 3 is 2.52 bits per heavy atom. The van der Waals surface area contributed by atoms with Crippen molar-refractivity contribution in [2.24, 2.45) is 0 Å². The monoisotopic (exact) mass is 357 g/mol. The van der Waals surface area contributed by atoms with Crippen LogP contribution < -0.4 is 10.1 Å². The second-order valence-electron chi connectivity index (χ2n) is 6.50. The topological polar surface area (TPSA) is 49.9 Å². The highest BCUT2D eigenvalue weighted by molar-refractivity contribution is 5.86. The first kappa shape index (κ1) is 17.2. The minimum Gasteiger partial charge on any atom is -0.494 e. The number of rotatable bonds is 6. The molecule has 2 heterocycles. The molecule has 0 unspecified atom stereocenters. The van der Waals surface area contributed by atoms with Crippen LogP contribution in [0.5, 0.6) is 5.75 Å². The molecular weight excluding hydrogens is 334 g/mol. The van der Waals surface area contributed by atoms with Gasteiger partial charge in [-0.2, -0.15) is 0 Å². The van der Waals surface area contributed by atoms with E-state index in [2.05, 4.69) is 52.5 Å². The molecule has 4 aromatic rings. The highest BCUT2D eigenvalue weighted by atomic mass is 16.5. The molecule has 0 fully saturated rings. The fourth-order valence-electron chi connectivity index (χ4n) is 3.49. The smallest absolute Gasteiger partial charge is 0.119 e. The van der Waals surface area contributed by atoms with Crippen LogP contribution in [-0.4, -0.2) is 16.6 Å². The summed E-state index contributed by atoms with van der Waals surface area (Å²) in [6, 6.07) is 22.4. The van der Waals surface area contributed by atoms with Gasteiger partial charge in [0.05, 0.1) is 18.3 Å². The Balaban J connectivity index is 1.77. The number of fused-ring (bicyclic) bond motifs is 1. The van der Waals surface area contributed by atoms with Gasteiger partial charge in [-0.15, -0.1) is 0 Å². The molecule has 2 aromatic carbocycles. The Morgan fingerprint density at radius 1 is 1.00 bits per heavy atom. The first-order valence-corrected chi connectivity index (χ1v) is 9.24. The summed E-state index contributed by atoms with van der Waals surface area (Å²) in [6.45, 7) is 4.77. The molecule has 27 heavy (non-hydrogen) atoms. The number of aromatic amines is 1. The number of benzene rings is 2. The van der Waals surface area contributed by atoms with Gasteiger partial charge < -0.3 is 15.0 Å². The van der Waals surface area contributed by atoms with Gasteiger partial charge in [0.25, 0.3) is 0 Å². The Labute approximate surface area is 159 Å². The number of hydrogen-bond acceptors (Lipinski definition) is 3. The number of pyridine rings is 1. The quantitative estimate of drug-likeness (QED) is 0.481. The zero-order valence-corrected chi connectivity index (χ0v) is 15.6.